The van der Waals surface area contributed by atoms with Crippen molar-refractivity contribution in [1.82, 2.24) is 29.4 Å². The van der Waals surface area contributed by atoms with Crippen molar-refractivity contribution >= 4 is 11.7 Å². The van der Waals surface area contributed by atoms with Crippen molar-refractivity contribution in [2.45, 2.75) is 19.9 Å². The number of aryl methyl sites for hydroxylation is 1. The molecule has 0 atom stereocenters. The number of hydrogen-bond donors (Lipinski definition) is 0. The van der Waals surface area contributed by atoms with Crippen LogP contribution in [0.3, 0.4) is 0 Å². The van der Waals surface area contributed by atoms with Crippen molar-refractivity contribution in [3.63, 3.8) is 0 Å². The van der Waals surface area contributed by atoms with Gasteiger partial charge in [-0.15, -0.1) is 5.10 Å². The molecule has 142 valence electrons. The molecule has 0 unspecified atom stereocenters. The van der Waals surface area contributed by atoms with Gasteiger partial charge in [0.2, 0.25) is 5.82 Å². The fourth-order valence-corrected chi connectivity index (χ4v) is 3.41. The Morgan fingerprint density at radius 3 is 2.71 bits per heavy atom. The highest BCUT2D eigenvalue weighted by Gasteiger charge is 2.24. The lowest BCUT2D eigenvalue weighted by Crippen LogP contribution is -2.35. The maximum Gasteiger partial charge on any atom is 0.293 e. The minimum absolute atomic E-state index is 0.148. The van der Waals surface area contributed by atoms with Crippen LogP contribution >= 0.6 is 0 Å². The second kappa shape index (κ2) is 7.74. The van der Waals surface area contributed by atoms with Crippen LogP contribution in [0.2, 0.25) is 0 Å². The highest BCUT2D eigenvalue weighted by Crippen LogP contribution is 2.12. The molecule has 0 radical (unpaired) electrons. The van der Waals surface area contributed by atoms with Gasteiger partial charge in [-0.25, -0.2) is 9.50 Å². The van der Waals surface area contributed by atoms with Crippen molar-refractivity contribution in [1.29, 1.82) is 5.26 Å². The SMILES string of the molecule is Cc1ccnc2nc(C(=O)N3CCCN(Cc4ccc(C#N)cc4)CC3)nn12. The van der Waals surface area contributed by atoms with Crippen LogP contribution in [0, 0.1) is 18.3 Å². The van der Waals surface area contributed by atoms with Gasteiger partial charge in [-0.05, 0) is 37.1 Å². The van der Waals surface area contributed by atoms with Gasteiger partial charge in [0.1, 0.15) is 0 Å². The number of nitrogens with zero attached hydrogens (tertiary/aromatic N) is 7. The molecule has 0 aliphatic carbocycles. The van der Waals surface area contributed by atoms with Crippen LogP contribution < -0.4 is 0 Å². The number of aromatic nitrogens is 4. The van der Waals surface area contributed by atoms with Crippen LogP contribution in [-0.4, -0.2) is 61.5 Å². The minimum Gasteiger partial charge on any atom is -0.335 e. The van der Waals surface area contributed by atoms with E-state index in [0.29, 0.717) is 24.4 Å². The molecule has 1 fully saturated rings. The lowest BCUT2D eigenvalue weighted by molar-refractivity contribution is 0.0749. The molecule has 1 aliphatic rings. The molecule has 1 aromatic carbocycles. The molecular formula is C20H21N7O. The Labute approximate surface area is 163 Å². The van der Waals surface area contributed by atoms with Crippen LogP contribution in [0.4, 0.5) is 0 Å². The molecule has 0 spiro atoms. The predicted molar refractivity (Wildman–Crippen MR) is 102 cm³/mol. The zero-order chi connectivity index (χ0) is 19.5. The largest absolute Gasteiger partial charge is 0.335 e. The Morgan fingerprint density at radius 1 is 1.14 bits per heavy atom. The fraction of sp³-hybridized carbons (Fsp3) is 0.350. The van der Waals surface area contributed by atoms with Crippen LogP contribution in [0.1, 0.15) is 33.9 Å². The first kappa shape index (κ1) is 18.1. The first-order valence-corrected chi connectivity index (χ1v) is 9.33. The normalized spacial score (nSPS) is 15.4. The third kappa shape index (κ3) is 3.70. The summed E-state index contributed by atoms with van der Waals surface area (Å²) < 4.78 is 1.60. The number of fused-ring (bicyclic) bond motifs is 1. The summed E-state index contributed by atoms with van der Waals surface area (Å²) in [5.74, 6) is 0.494. The Kier molecular flexibility index (Phi) is 5.00. The first-order chi connectivity index (χ1) is 13.6. The second-order valence-electron chi connectivity index (χ2n) is 6.96. The molecule has 0 saturated carbocycles. The Hall–Kier alpha value is -3.31. The van der Waals surface area contributed by atoms with Gasteiger partial charge in [0.15, 0.2) is 0 Å². The van der Waals surface area contributed by atoms with Gasteiger partial charge in [0, 0.05) is 44.6 Å². The van der Waals surface area contributed by atoms with Gasteiger partial charge in [-0.1, -0.05) is 12.1 Å². The van der Waals surface area contributed by atoms with Crippen LogP contribution in [0.15, 0.2) is 36.5 Å². The molecule has 1 aliphatic heterocycles. The predicted octanol–water partition coefficient (Wildman–Crippen LogP) is 1.65. The third-order valence-corrected chi connectivity index (χ3v) is 4.99. The Balaban J connectivity index is 1.42. The number of carbonyl (C=O) groups is 1. The maximum atomic E-state index is 12.9. The van der Waals surface area contributed by atoms with Crippen molar-refractivity contribution in [3.05, 3.63) is 59.2 Å². The van der Waals surface area contributed by atoms with Gasteiger partial charge in [0.05, 0.1) is 11.6 Å². The van der Waals surface area contributed by atoms with Crippen molar-refractivity contribution in [3.8, 4) is 6.07 Å². The van der Waals surface area contributed by atoms with Crippen molar-refractivity contribution < 1.29 is 4.79 Å². The molecule has 0 bridgehead atoms. The summed E-state index contributed by atoms with van der Waals surface area (Å²) in [5.41, 5.74) is 2.73. The van der Waals surface area contributed by atoms with Gasteiger partial charge in [-0.2, -0.15) is 10.2 Å². The average molecular weight is 375 g/mol. The van der Waals surface area contributed by atoms with E-state index in [1.54, 1.807) is 10.7 Å². The molecule has 1 saturated heterocycles. The number of nitriles is 1. The van der Waals surface area contributed by atoms with E-state index in [-0.39, 0.29) is 11.7 Å². The van der Waals surface area contributed by atoms with E-state index >= 15 is 0 Å². The second-order valence-corrected chi connectivity index (χ2v) is 6.96. The smallest absolute Gasteiger partial charge is 0.293 e. The lowest BCUT2D eigenvalue weighted by atomic mass is 10.1. The van der Waals surface area contributed by atoms with Crippen LogP contribution in [0.5, 0.6) is 0 Å². The Morgan fingerprint density at radius 2 is 1.96 bits per heavy atom. The molecule has 2 aromatic heterocycles. The zero-order valence-electron chi connectivity index (χ0n) is 15.7. The molecule has 1 amide bonds. The standard InChI is InChI=1S/C20H21N7O/c1-15-7-8-22-20-23-18(24-27(15)20)19(28)26-10-2-9-25(11-12-26)14-17-5-3-16(13-21)4-6-17/h3-8H,2,9-12,14H2,1H3. The van der Waals surface area contributed by atoms with E-state index in [0.717, 1.165) is 31.7 Å². The molecule has 4 rings (SSSR count). The summed E-state index contributed by atoms with van der Waals surface area (Å²) in [5, 5.41) is 13.2. The van der Waals surface area contributed by atoms with E-state index < -0.39 is 0 Å². The van der Waals surface area contributed by atoms with Crippen LogP contribution in [0.25, 0.3) is 5.78 Å². The van der Waals surface area contributed by atoms with E-state index in [9.17, 15) is 4.79 Å². The topological polar surface area (TPSA) is 90.4 Å². The highest BCUT2D eigenvalue weighted by atomic mass is 16.2. The molecule has 3 aromatic rings. The van der Waals surface area contributed by atoms with Gasteiger partial charge in [0.25, 0.3) is 11.7 Å². The summed E-state index contributed by atoms with van der Waals surface area (Å²) in [6.45, 7) is 5.75. The van der Waals surface area contributed by atoms with E-state index in [2.05, 4.69) is 26.0 Å². The zero-order valence-corrected chi connectivity index (χ0v) is 15.7. The van der Waals surface area contributed by atoms with Crippen molar-refractivity contribution in [2.24, 2.45) is 0 Å². The summed E-state index contributed by atoms with van der Waals surface area (Å²) in [6.07, 6.45) is 2.56. The molecular weight excluding hydrogens is 354 g/mol. The number of rotatable bonds is 3. The van der Waals surface area contributed by atoms with E-state index in [1.807, 2.05) is 42.2 Å². The molecule has 0 N–H and O–H groups in total. The summed E-state index contributed by atoms with van der Waals surface area (Å²) in [7, 11) is 0. The van der Waals surface area contributed by atoms with Gasteiger partial charge >= 0.3 is 0 Å². The summed E-state index contributed by atoms with van der Waals surface area (Å²) in [6, 6.07) is 11.6. The monoisotopic (exact) mass is 375 g/mol. The molecule has 3 heterocycles. The number of benzene rings is 1. The minimum atomic E-state index is -0.148. The quantitative estimate of drug-likeness (QED) is 0.691. The number of hydrogen-bond acceptors (Lipinski definition) is 6. The molecule has 28 heavy (non-hydrogen) atoms. The summed E-state index contributed by atoms with van der Waals surface area (Å²) >= 11 is 0. The Bertz CT molecular complexity index is 1030. The van der Waals surface area contributed by atoms with E-state index in [4.69, 9.17) is 5.26 Å². The van der Waals surface area contributed by atoms with Gasteiger partial charge in [-0.3, -0.25) is 9.69 Å². The molecule has 8 nitrogen and oxygen atoms in total. The lowest BCUT2D eigenvalue weighted by Gasteiger charge is -2.21. The highest BCUT2D eigenvalue weighted by molar-refractivity contribution is 5.90. The number of carbonyl (C=O) groups excluding carboxylic acids is 1. The summed E-state index contributed by atoms with van der Waals surface area (Å²) in [4.78, 5) is 25.5. The van der Waals surface area contributed by atoms with Gasteiger partial charge < -0.3 is 4.90 Å². The molecule has 8 heteroatoms. The van der Waals surface area contributed by atoms with E-state index in [1.165, 1.54) is 5.56 Å². The van der Waals surface area contributed by atoms with Crippen molar-refractivity contribution in [2.75, 3.05) is 26.2 Å². The average Bonchev–Trinajstić information content (AvgIpc) is 3.03. The van der Waals surface area contributed by atoms with Crippen LogP contribution in [-0.2, 0) is 6.54 Å². The fourth-order valence-electron chi connectivity index (χ4n) is 3.41. The maximum absolute atomic E-state index is 12.9. The first-order valence-electron chi connectivity index (χ1n) is 9.33. The number of amides is 1. The third-order valence-electron chi connectivity index (χ3n) is 4.99.